The van der Waals surface area contributed by atoms with Crippen molar-refractivity contribution >= 4 is 19.8 Å². The van der Waals surface area contributed by atoms with E-state index in [1.165, 1.54) is 64.2 Å². The molecule has 10 nitrogen and oxygen atoms in total. The van der Waals surface area contributed by atoms with Crippen molar-refractivity contribution in [1.82, 2.24) is 0 Å². The number of aliphatic hydroxyl groups excluding tert-OH is 1. The monoisotopic (exact) mass is 756 g/mol. The number of nitrogens with two attached hydrogens (primary N) is 1. The maximum atomic E-state index is 12.5. The molecule has 4 N–H and O–H groups in total. The molecule has 3 atom stereocenters. The quantitative estimate of drug-likeness (QED) is 0.0241. The van der Waals surface area contributed by atoms with Crippen molar-refractivity contribution in [2.24, 2.45) is 5.73 Å². The van der Waals surface area contributed by atoms with Gasteiger partial charge in [-0.2, -0.15) is 0 Å². The second-order valence-corrected chi connectivity index (χ2v) is 14.8. The van der Waals surface area contributed by atoms with E-state index in [1.807, 2.05) is 24.3 Å². The number of hydrogen-bond acceptors (Lipinski definition) is 9. The summed E-state index contributed by atoms with van der Waals surface area (Å²) in [4.78, 5) is 34.7. The summed E-state index contributed by atoms with van der Waals surface area (Å²) in [6.07, 6.45) is 37.7. The normalized spacial score (nSPS) is 14.5. The average molecular weight is 756 g/mol. The number of rotatable bonds is 37. The zero-order chi connectivity index (χ0) is 38.4. The van der Waals surface area contributed by atoms with E-state index in [0.29, 0.717) is 12.8 Å². The van der Waals surface area contributed by atoms with Crippen LogP contribution in [0.5, 0.6) is 0 Å². The van der Waals surface area contributed by atoms with Crippen LogP contribution in [-0.4, -0.2) is 60.5 Å². The molecule has 0 aromatic rings. The molecule has 302 valence electrons. The highest BCUT2D eigenvalue weighted by atomic mass is 31.2. The minimum absolute atomic E-state index is 0.0373. The maximum absolute atomic E-state index is 12.5. The third kappa shape index (κ3) is 36.3. The Labute approximate surface area is 316 Å². The van der Waals surface area contributed by atoms with Gasteiger partial charge in [0.2, 0.25) is 0 Å². The molecule has 0 rings (SSSR count). The summed E-state index contributed by atoms with van der Waals surface area (Å²) in [6, 6.07) is 0. The molecule has 0 fully saturated rings. The van der Waals surface area contributed by atoms with E-state index in [-0.39, 0.29) is 38.7 Å². The first-order chi connectivity index (χ1) is 25.2. The van der Waals surface area contributed by atoms with Gasteiger partial charge in [-0.15, -0.1) is 0 Å². The van der Waals surface area contributed by atoms with E-state index in [1.54, 1.807) is 0 Å². The van der Waals surface area contributed by atoms with Gasteiger partial charge in [0.1, 0.15) is 6.61 Å². The molecule has 0 radical (unpaired) electrons. The fourth-order valence-corrected chi connectivity index (χ4v) is 6.00. The molecule has 0 bridgehead atoms. The van der Waals surface area contributed by atoms with E-state index in [4.69, 9.17) is 24.3 Å². The number of phosphoric ester groups is 1. The average Bonchev–Trinajstić information content (AvgIpc) is 3.13. The van der Waals surface area contributed by atoms with Crippen LogP contribution in [0.2, 0.25) is 0 Å². The molecule has 0 aliphatic heterocycles. The molecule has 11 heteroatoms. The van der Waals surface area contributed by atoms with Crippen molar-refractivity contribution in [3.05, 3.63) is 48.6 Å². The first-order valence-electron chi connectivity index (χ1n) is 20.2. The molecule has 0 aliphatic rings. The lowest BCUT2D eigenvalue weighted by molar-refractivity contribution is -0.161. The van der Waals surface area contributed by atoms with Gasteiger partial charge in [-0.05, 0) is 44.9 Å². The molecule has 52 heavy (non-hydrogen) atoms. The minimum Gasteiger partial charge on any atom is -0.462 e. The highest BCUT2D eigenvalue weighted by molar-refractivity contribution is 7.47. The third-order valence-corrected chi connectivity index (χ3v) is 9.27. The Kier molecular flexibility index (Phi) is 35.8. The van der Waals surface area contributed by atoms with Crippen molar-refractivity contribution in [2.45, 2.75) is 174 Å². The molecule has 0 aromatic heterocycles. The predicted octanol–water partition coefficient (Wildman–Crippen LogP) is 10.1. The Hall–Kier alpha value is -2.07. The van der Waals surface area contributed by atoms with E-state index >= 15 is 0 Å². The Balaban J connectivity index is 4.33. The summed E-state index contributed by atoms with van der Waals surface area (Å²) in [7, 11) is -4.40. The van der Waals surface area contributed by atoms with Crippen molar-refractivity contribution < 1.29 is 42.7 Å². The molecule has 0 aliphatic carbocycles. The summed E-state index contributed by atoms with van der Waals surface area (Å²) in [5.41, 5.74) is 5.33. The first kappa shape index (κ1) is 49.9. The molecule has 0 amide bonds. The molecule has 0 aromatic carbocycles. The maximum Gasteiger partial charge on any atom is 0.472 e. The Bertz CT molecular complexity index is 1010. The van der Waals surface area contributed by atoms with Crippen LogP contribution in [0, 0.1) is 0 Å². The number of carbonyl (C=O) groups is 2. The number of esters is 2. The van der Waals surface area contributed by atoms with Gasteiger partial charge in [-0.25, -0.2) is 4.57 Å². The van der Waals surface area contributed by atoms with E-state index in [0.717, 1.165) is 57.8 Å². The van der Waals surface area contributed by atoms with Crippen LogP contribution in [0.3, 0.4) is 0 Å². The minimum atomic E-state index is -4.40. The van der Waals surface area contributed by atoms with Crippen molar-refractivity contribution in [2.75, 3.05) is 26.4 Å². The van der Waals surface area contributed by atoms with Gasteiger partial charge in [-0.1, -0.05) is 152 Å². The van der Waals surface area contributed by atoms with Gasteiger partial charge >= 0.3 is 19.8 Å². The highest BCUT2D eigenvalue weighted by Gasteiger charge is 2.25. The van der Waals surface area contributed by atoms with Crippen LogP contribution in [0.4, 0.5) is 0 Å². The van der Waals surface area contributed by atoms with Crippen molar-refractivity contribution in [3.63, 3.8) is 0 Å². The lowest BCUT2D eigenvalue weighted by Gasteiger charge is -2.19. The van der Waals surface area contributed by atoms with Gasteiger partial charge in [-0.3, -0.25) is 18.6 Å². The second kappa shape index (κ2) is 37.3. The Morgan fingerprint density at radius 2 is 1.17 bits per heavy atom. The lowest BCUT2D eigenvalue weighted by Crippen LogP contribution is -2.29. The SMILES string of the molecule is CCCCCCCCCCCCCCCC(=O)OC[C@H](COP(=O)(O)OCCN)OC(=O)CCC/C=C\C/C=C\C/C=C\C/C=C\[C@H](O)CCCC. The molecule has 0 heterocycles. The molecular formula is C41H74NO9P. The van der Waals surface area contributed by atoms with Gasteiger partial charge in [0.05, 0.1) is 19.3 Å². The number of carbonyl (C=O) groups excluding carboxylic acids is 2. The van der Waals surface area contributed by atoms with Gasteiger partial charge in [0.15, 0.2) is 6.10 Å². The predicted molar refractivity (Wildman–Crippen MR) is 212 cm³/mol. The molecule has 0 saturated carbocycles. The van der Waals surface area contributed by atoms with Crippen LogP contribution >= 0.6 is 7.82 Å². The molecular weight excluding hydrogens is 681 g/mol. The number of ether oxygens (including phenoxy) is 2. The van der Waals surface area contributed by atoms with Crippen LogP contribution < -0.4 is 5.73 Å². The number of aliphatic hydroxyl groups is 1. The van der Waals surface area contributed by atoms with Crippen LogP contribution in [-0.2, 0) is 32.7 Å². The number of unbranched alkanes of at least 4 members (excludes halogenated alkanes) is 14. The fourth-order valence-electron chi connectivity index (χ4n) is 5.23. The van der Waals surface area contributed by atoms with Gasteiger partial charge in [0.25, 0.3) is 0 Å². The van der Waals surface area contributed by atoms with Crippen LogP contribution in [0.15, 0.2) is 48.6 Å². The summed E-state index contributed by atoms with van der Waals surface area (Å²) >= 11 is 0. The summed E-state index contributed by atoms with van der Waals surface area (Å²) in [6.45, 7) is 3.48. The van der Waals surface area contributed by atoms with E-state index < -0.39 is 32.5 Å². The van der Waals surface area contributed by atoms with E-state index in [2.05, 4.69) is 38.2 Å². The summed E-state index contributed by atoms with van der Waals surface area (Å²) < 4.78 is 32.6. The smallest absolute Gasteiger partial charge is 0.462 e. The fraction of sp³-hybridized carbons (Fsp3) is 0.756. The topological polar surface area (TPSA) is 155 Å². The summed E-state index contributed by atoms with van der Waals surface area (Å²) in [5, 5.41) is 9.80. The molecule has 0 spiro atoms. The largest absolute Gasteiger partial charge is 0.472 e. The standard InChI is InChI=1S/C41H74NO9P/c1-3-5-7-8-9-10-11-12-16-19-22-25-28-32-40(44)48-36-39(37-50-52(46,47)49-35-34-42)51-41(45)33-29-26-23-20-17-14-13-15-18-21-24-27-31-38(43)30-6-4-2/h13-14,18,20-21,23,27,31,38-39,43H,3-12,15-17,19,22,24-26,28-30,32-37,42H2,1-2H3,(H,46,47)/b14-13-,21-18-,23-20-,31-27-/t38-,39-/m1/s1. The zero-order valence-corrected chi connectivity index (χ0v) is 33.5. The van der Waals surface area contributed by atoms with Crippen molar-refractivity contribution in [3.8, 4) is 0 Å². The number of hydrogen-bond donors (Lipinski definition) is 3. The zero-order valence-electron chi connectivity index (χ0n) is 32.6. The van der Waals surface area contributed by atoms with E-state index in [9.17, 15) is 24.2 Å². The Morgan fingerprint density at radius 3 is 1.75 bits per heavy atom. The molecule has 0 saturated heterocycles. The third-order valence-electron chi connectivity index (χ3n) is 8.29. The summed E-state index contributed by atoms with van der Waals surface area (Å²) in [5.74, 6) is -0.917. The van der Waals surface area contributed by atoms with Crippen molar-refractivity contribution in [1.29, 1.82) is 0 Å². The Morgan fingerprint density at radius 1 is 0.654 bits per heavy atom. The van der Waals surface area contributed by atoms with Crippen LogP contribution in [0.25, 0.3) is 0 Å². The number of allylic oxidation sites excluding steroid dienone is 7. The highest BCUT2D eigenvalue weighted by Crippen LogP contribution is 2.43. The van der Waals surface area contributed by atoms with Crippen LogP contribution in [0.1, 0.15) is 162 Å². The number of phosphoric acid groups is 1. The molecule has 1 unspecified atom stereocenters. The lowest BCUT2D eigenvalue weighted by atomic mass is 10.0. The second-order valence-electron chi connectivity index (χ2n) is 13.3. The first-order valence-corrected chi connectivity index (χ1v) is 21.7. The van der Waals surface area contributed by atoms with Gasteiger partial charge < -0.3 is 25.2 Å². The van der Waals surface area contributed by atoms with Gasteiger partial charge in [0, 0.05) is 19.4 Å².